The number of nitrogens with one attached hydrogen (secondary N) is 1. The predicted octanol–water partition coefficient (Wildman–Crippen LogP) is 2.72. The zero-order valence-electron chi connectivity index (χ0n) is 15.2. The van der Waals surface area contributed by atoms with E-state index in [0.29, 0.717) is 22.7 Å². The summed E-state index contributed by atoms with van der Waals surface area (Å²) in [4.78, 5) is 32.3. The molecule has 2 amide bonds. The van der Waals surface area contributed by atoms with Crippen molar-refractivity contribution in [2.75, 3.05) is 5.32 Å². The Morgan fingerprint density at radius 3 is 2.35 bits per heavy atom. The van der Waals surface area contributed by atoms with Gasteiger partial charge in [-0.1, -0.05) is 32.9 Å². The molecule has 0 unspecified atom stereocenters. The van der Waals surface area contributed by atoms with Crippen molar-refractivity contribution in [2.24, 2.45) is 18.2 Å². The van der Waals surface area contributed by atoms with Gasteiger partial charge < -0.3 is 15.6 Å². The topological polar surface area (TPSA) is 103 Å². The number of anilines is 1. The van der Waals surface area contributed by atoms with E-state index in [0.717, 1.165) is 10.9 Å². The Morgan fingerprint density at radius 1 is 1.12 bits per heavy atom. The molecule has 7 heteroatoms. The number of hydrogen-bond acceptors (Lipinski definition) is 4. The molecule has 0 aliphatic rings. The first-order valence-electron chi connectivity index (χ1n) is 8.20. The smallest absolute Gasteiger partial charge is 0.265 e. The molecule has 0 radical (unpaired) electrons. The van der Waals surface area contributed by atoms with Gasteiger partial charge in [-0.15, -0.1) is 0 Å². The second-order valence-electron chi connectivity index (χ2n) is 7.19. The van der Waals surface area contributed by atoms with Crippen LogP contribution in [0, 0.1) is 5.41 Å². The Bertz CT molecular complexity index is 997. The van der Waals surface area contributed by atoms with Gasteiger partial charge >= 0.3 is 0 Å². The lowest BCUT2D eigenvalue weighted by atomic mass is 9.95. The van der Waals surface area contributed by atoms with Gasteiger partial charge in [0.2, 0.25) is 5.91 Å². The van der Waals surface area contributed by atoms with Gasteiger partial charge in [0, 0.05) is 29.1 Å². The molecule has 0 spiro atoms. The van der Waals surface area contributed by atoms with Crippen molar-refractivity contribution in [3.63, 3.8) is 0 Å². The first kappa shape index (κ1) is 17.6. The molecular weight excluding hydrogens is 330 g/mol. The Balaban J connectivity index is 1.98. The maximum atomic E-state index is 12.1. The predicted molar refractivity (Wildman–Crippen MR) is 101 cm³/mol. The van der Waals surface area contributed by atoms with Gasteiger partial charge in [0.05, 0.1) is 5.69 Å². The van der Waals surface area contributed by atoms with E-state index in [1.54, 1.807) is 17.7 Å². The number of benzene rings is 1. The molecule has 0 atom stereocenters. The standard InChI is InChI=1S/C19H21N5O2/c1-19(2,3)18(26)23-12-7-5-11(6-8-12)15-13-9-14(16(20)25)24(4)17(13)22-10-21-15/h5-10H,1-4H3,(H2,20,25)(H,23,26). The zero-order chi connectivity index (χ0) is 19.1. The van der Waals surface area contributed by atoms with Gasteiger partial charge in [-0.3, -0.25) is 9.59 Å². The molecule has 1 aromatic carbocycles. The van der Waals surface area contributed by atoms with Gasteiger partial charge in [-0.25, -0.2) is 9.97 Å². The normalized spacial score (nSPS) is 11.5. The minimum atomic E-state index is -0.517. The summed E-state index contributed by atoms with van der Waals surface area (Å²) in [5.74, 6) is -0.569. The molecule has 0 aliphatic carbocycles. The number of amides is 2. The highest BCUT2D eigenvalue weighted by Crippen LogP contribution is 2.28. The van der Waals surface area contributed by atoms with Gasteiger partial charge in [-0.05, 0) is 18.2 Å². The Hall–Kier alpha value is -3.22. The molecule has 0 fully saturated rings. The van der Waals surface area contributed by atoms with Gasteiger partial charge in [0.25, 0.3) is 5.91 Å². The lowest BCUT2D eigenvalue weighted by Crippen LogP contribution is -2.27. The van der Waals surface area contributed by atoms with E-state index in [4.69, 9.17) is 5.73 Å². The van der Waals surface area contributed by atoms with Gasteiger partial charge in [0.1, 0.15) is 17.7 Å². The molecule has 0 saturated carbocycles. The van der Waals surface area contributed by atoms with Crippen LogP contribution in [-0.2, 0) is 11.8 Å². The fourth-order valence-corrected chi connectivity index (χ4v) is 2.63. The second kappa shape index (κ2) is 6.25. The van der Waals surface area contributed by atoms with E-state index in [-0.39, 0.29) is 5.91 Å². The fourth-order valence-electron chi connectivity index (χ4n) is 2.63. The SMILES string of the molecule is Cn1c(C(N)=O)cc2c(-c3ccc(NC(=O)C(C)(C)C)cc3)ncnc21. The molecule has 2 aromatic heterocycles. The average Bonchev–Trinajstić information content (AvgIpc) is 2.92. The van der Waals surface area contributed by atoms with Crippen LogP contribution in [0.2, 0.25) is 0 Å². The minimum absolute atomic E-state index is 0.0520. The largest absolute Gasteiger partial charge is 0.364 e. The highest BCUT2D eigenvalue weighted by Gasteiger charge is 2.21. The van der Waals surface area contributed by atoms with Crippen LogP contribution < -0.4 is 11.1 Å². The molecule has 3 aromatic rings. The van der Waals surface area contributed by atoms with Crippen LogP contribution in [0.4, 0.5) is 5.69 Å². The number of aryl methyl sites for hydroxylation is 1. The van der Waals surface area contributed by atoms with Crippen molar-refractivity contribution in [2.45, 2.75) is 20.8 Å². The Kier molecular flexibility index (Phi) is 4.23. The van der Waals surface area contributed by atoms with Crippen LogP contribution in [0.5, 0.6) is 0 Å². The first-order chi connectivity index (χ1) is 12.2. The summed E-state index contributed by atoms with van der Waals surface area (Å²) in [5, 5.41) is 3.63. The third-order valence-corrected chi connectivity index (χ3v) is 4.17. The molecule has 0 saturated heterocycles. The molecule has 7 nitrogen and oxygen atoms in total. The summed E-state index contributed by atoms with van der Waals surface area (Å²) in [6.45, 7) is 5.58. The van der Waals surface area contributed by atoms with Crippen molar-refractivity contribution >= 4 is 28.5 Å². The van der Waals surface area contributed by atoms with Crippen LogP contribution in [-0.4, -0.2) is 26.3 Å². The zero-order valence-corrected chi connectivity index (χ0v) is 15.2. The molecule has 3 rings (SSSR count). The Morgan fingerprint density at radius 2 is 1.77 bits per heavy atom. The van der Waals surface area contributed by atoms with Crippen molar-refractivity contribution in [1.29, 1.82) is 0 Å². The molecule has 0 aliphatic heterocycles. The summed E-state index contributed by atoms with van der Waals surface area (Å²) in [7, 11) is 1.74. The van der Waals surface area contributed by atoms with Crippen molar-refractivity contribution in [1.82, 2.24) is 14.5 Å². The number of fused-ring (bicyclic) bond motifs is 1. The number of rotatable bonds is 3. The van der Waals surface area contributed by atoms with Crippen LogP contribution in [0.25, 0.3) is 22.3 Å². The maximum Gasteiger partial charge on any atom is 0.265 e. The third-order valence-electron chi connectivity index (χ3n) is 4.17. The highest BCUT2D eigenvalue weighted by atomic mass is 16.2. The Labute approximate surface area is 151 Å². The molecule has 134 valence electrons. The van der Waals surface area contributed by atoms with E-state index in [2.05, 4.69) is 15.3 Å². The minimum Gasteiger partial charge on any atom is -0.364 e. The third kappa shape index (κ3) is 3.15. The summed E-state index contributed by atoms with van der Waals surface area (Å²) in [6.07, 6.45) is 1.46. The van der Waals surface area contributed by atoms with Crippen molar-refractivity contribution in [3.05, 3.63) is 42.4 Å². The number of aromatic nitrogens is 3. The van der Waals surface area contributed by atoms with Gasteiger partial charge in [-0.2, -0.15) is 0 Å². The van der Waals surface area contributed by atoms with E-state index in [1.807, 2.05) is 45.0 Å². The molecule has 26 heavy (non-hydrogen) atoms. The van der Waals surface area contributed by atoms with Crippen LogP contribution in [0.3, 0.4) is 0 Å². The summed E-state index contributed by atoms with van der Waals surface area (Å²) in [6, 6.07) is 9.09. The van der Waals surface area contributed by atoms with E-state index in [1.165, 1.54) is 6.33 Å². The highest BCUT2D eigenvalue weighted by molar-refractivity contribution is 6.01. The van der Waals surface area contributed by atoms with Crippen LogP contribution in [0.1, 0.15) is 31.3 Å². The summed E-state index contributed by atoms with van der Waals surface area (Å²) >= 11 is 0. The molecule has 2 heterocycles. The number of primary amides is 1. The monoisotopic (exact) mass is 351 g/mol. The number of nitrogens with zero attached hydrogens (tertiary/aromatic N) is 3. The summed E-state index contributed by atoms with van der Waals surface area (Å²) < 4.78 is 1.65. The van der Waals surface area contributed by atoms with E-state index >= 15 is 0 Å². The number of carbonyl (C=O) groups is 2. The van der Waals surface area contributed by atoms with E-state index in [9.17, 15) is 9.59 Å². The van der Waals surface area contributed by atoms with Gasteiger partial charge in [0.15, 0.2) is 0 Å². The molecule has 0 bridgehead atoms. The first-order valence-corrected chi connectivity index (χ1v) is 8.20. The van der Waals surface area contributed by atoms with Crippen LogP contribution in [0.15, 0.2) is 36.7 Å². The van der Waals surface area contributed by atoms with Crippen LogP contribution >= 0.6 is 0 Å². The molecular formula is C19H21N5O2. The second-order valence-corrected chi connectivity index (χ2v) is 7.19. The lowest BCUT2D eigenvalue weighted by molar-refractivity contribution is -0.123. The van der Waals surface area contributed by atoms with Crippen molar-refractivity contribution < 1.29 is 9.59 Å². The fraction of sp³-hybridized carbons (Fsp3) is 0.263. The van der Waals surface area contributed by atoms with E-state index < -0.39 is 11.3 Å². The number of carbonyl (C=O) groups excluding carboxylic acids is 2. The number of hydrogen-bond donors (Lipinski definition) is 2. The molecule has 3 N–H and O–H groups in total. The van der Waals surface area contributed by atoms with Crippen molar-refractivity contribution in [3.8, 4) is 11.3 Å². The average molecular weight is 351 g/mol. The number of nitrogens with two attached hydrogens (primary N) is 1. The quantitative estimate of drug-likeness (QED) is 0.757. The lowest BCUT2D eigenvalue weighted by Gasteiger charge is -2.17. The maximum absolute atomic E-state index is 12.1. The summed E-state index contributed by atoms with van der Waals surface area (Å²) in [5.41, 5.74) is 8.23.